The first kappa shape index (κ1) is 15.0. The van der Waals surface area contributed by atoms with E-state index in [-0.39, 0.29) is 0 Å². The van der Waals surface area contributed by atoms with E-state index < -0.39 is 0 Å². The van der Waals surface area contributed by atoms with Crippen LogP contribution in [0.3, 0.4) is 0 Å². The Morgan fingerprint density at radius 1 is 1.19 bits per heavy atom. The van der Waals surface area contributed by atoms with Crippen molar-refractivity contribution in [3.05, 3.63) is 18.0 Å². The Kier molecular flexibility index (Phi) is 5.31. The summed E-state index contributed by atoms with van der Waals surface area (Å²) >= 11 is 0. The molecule has 3 rings (SSSR count). The smallest absolute Gasteiger partial charge is 0.0492 e. The fraction of sp³-hybridized carbons (Fsp3) is 0.824. The van der Waals surface area contributed by atoms with Crippen LogP contribution in [0.2, 0.25) is 0 Å². The summed E-state index contributed by atoms with van der Waals surface area (Å²) in [5.74, 6) is 1.65. The zero-order valence-electron chi connectivity index (χ0n) is 13.4. The quantitative estimate of drug-likeness (QED) is 0.904. The topological polar surface area (TPSA) is 33.1 Å². The van der Waals surface area contributed by atoms with Crippen LogP contribution in [0.5, 0.6) is 0 Å². The molecule has 118 valence electrons. The van der Waals surface area contributed by atoms with E-state index in [0.717, 1.165) is 18.4 Å². The van der Waals surface area contributed by atoms with E-state index in [1.807, 2.05) is 6.20 Å². The average Bonchev–Trinajstić information content (AvgIpc) is 2.98. The van der Waals surface area contributed by atoms with Crippen LogP contribution in [0.25, 0.3) is 0 Å². The highest BCUT2D eigenvalue weighted by atomic mass is 15.3. The lowest BCUT2D eigenvalue weighted by Gasteiger charge is -2.35. The highest BCUT2D eigenvalue weighted by Crippen LogP contribution is 2.29. The minimum absolute atomic E-state index is 0.725. The molecular formula is C17H30N4. The molecule has 0 spiro atoms. The Labute approximate surface area is 128 Å². The van der Waals surface area contributed by atoms with Gasteiger partial charge in [-0.25, -0.2) is 0 Å². The number of aryl methyl sites for hydroxylation is 1. The SMILES string of the molecule is CCCn1nccc1C1CCN(CC2CCNCC2)CC1. The molecule has 1 N–H and O–H groups in total. The predicted octanol–water partition coefficient (Wildman–Crippen LogP) is 2.47. The first-order chi connectivity index (χ1) is 10.4. The van der Waals surface area contributed by atoms with Gasteiger partial charge in [0.2, 0.25) is 0 Å². The molecule has 2 fully saturated rings. The van der Waals surface area contributed by atoms with Crippen LogP contribution in [0.1, 0.15) is 50.6 Å². The number of nitrogens with zero attached hydrogens (tertiary/aromatic N) is 3. The van der Waals surface area contributed by atoms with Crippen molar-refractivity contribution in [3.63, 3.8) is 0 Å². The van der Waals surface area contributed by atoms with Crippen LogP contribution in [0.15, 0.2) is 12.3 Å². The number of piperidine rings is 2. The summed E-state index contributed by atoms with van der Waals surface area (Å²) in [4.78, 5) is 2.70. The van der Waals surface area contributed by atoms with Gasteiger partial charge in [0.1, 0.15) is 0 Å². The van der Waals surface area contributed by atoms with Crippen LogP contribution in [-0.2, 0) is 6.54 Å². The molecule has 0 saturated carbocycles. The van der Waals surface area contributed by atoms with E-state index in [0.29, 0.717) is 0 Å². The van der Waals surface area contributed by atoms with Crippen LogP contribution < -0.4 is 5.32 Å². The monoisotopic (exact) mass is 290 g/mol. The first-order valence-corrected chi connectivity index (χ1v) is 8.81. The van der Waals surface area contributed by atoms with E-state index >= 15 is 0 Å². The van der Waals surface area contributed by atoms with Crippen LogP contribution >= 0.6 is 0 Å². The highest BCUT2D eigenvalue weighted by molar-refractivity contribution is 5.09. The summed E-state index contributed by atoms with van der Waals surface area (Å²) < 4.78 is 2.23. The van der Waals surface area contributed by atoms with Gasteiger partial charge in [-0.15, -0.1) is 0 Å². The second kappa shape index (κ2) is 7.41. The Balaban J connectivity index is 1.49. The van der Waals surface area contributed by atoms with Crippen molar-refractivity contribution < 1.29 is 0 Å². The Bertz CT molecular complexity index is 414. The number of hydrogen-bond acceptors (Lipinski definition) is 3. The summed E-state index contributed by atoms with van der Waals surface area (Å²) in [7, 11) is 0. The van der Waals surface area contributed by atoms with Gasteiger partial charge in [-0.1, -0.05) is 6.92 Å². The fourth-order valence-corrected chi connectivity index (χ4v) is 3.93. The summed E-state index contributed by atoms with van der Waals surface area (Å²) in [5, 5.41) is 7.96. The molecule has 0 bridgehead atoms. The van der Waals surface area contributed by atoms with Crippen molar-refractivity contribution in [1.82, 2.24) is 20.0 Å². The third-order valence-electron chi connectivity index (χ3n) is 5.17. The van der Waals surface area contributed by atoms with Crippen LogP contribution in [0, 0.1) is 5.92 Å². The van der Waals surface area contributed by atoms with Crippen LogP contribution in [0.4, 0.5) is 0 Å². The molecule has 3 heterocycles. The molecule has 2 aliphatic rings. The minimum atomic E-state index is 0.725. The van der Waals surface area contributed by atoms with E-state index in [1.54, 1.807) is 0 Å². The van der Waals surface area contributed by atoms with Gasteiger partial charge in [0, 0.05) is 30.9 Å². The molecule has 0 atom stereocenters. The summed E-state index contributed by atoms with van der Waals surface area (Å²) in [5.41, 5.74) is 1.47. The summed E-state index contributed by atoms with van der Waals surface area (Å²) in [6, 6.07) is 2.24. The summed E-state index contributed by atoms with van der Waals surface area (Å²) in [6.45, 7) is 9.60. The largest absolute Gasteiger partial charge is 0.317 e. The lowest BCUT2D eigenvalue weighted by Crippen LogP contribution is -2.40. The standard InChI is InChI=1S/C17H30N4/c1-2-11-21-17(5-10-19-21)16-6-12-20(13-7-16)14-15-3-8-18-9-4-15/h5,10,15-16,18H,2-4,6-9,11-14H2,1H3. The number of rotatable bonds is 5. The average molecular weight is 290 g/mol. The van der Waals surface area contributed by atoms with Crippen molar-refractivity contribution in [2.75, 3.05) is 32.7 Å². The fourth-order valence-electron chi connectivity index (χ4n) is 3.93. The molecule has 0 radical (unpaired) electrons. The predicted molar refractivity (Wildman–Crippen MR) is 86.5 cm³/mol. The number of likely N-dealkylation sites (tertiary alicyclic amines) is 1. The van der Waals surface area contributed by atoms with Crippen molar-refractivity contribution in [2.45, 2.75) is 51.5 Å². The molecule has 21 heavy (non-hydrogen) atoms. The van der Waals surface area contributed by atoms with Gasteiger partial charge >= 0.3 is 0 Å². The second-order valence-corrected chi connectivity index (χ2v) is 6.75. The third kappa shape index (κ3) is 3.86. The summed E-state index contributed by atoms with van der Waals surface area (Å²) in [6.07, 6.45) is 8.49. The normalized spacial score (nSPS) is 22.7. The molecule has 0 unspecified atom stereocenters. The second-order valence-electron chi connectivity index (χ2n) is 6.75. The zero-order chi connectivity index (χ0) is 14.5. The van der Waals surface area contributed by atoms with Gasteiger partial charge in [-0.3, -0.25) is 4.68 Å². The molecule has 1 aromatic rings. The van der Waals surface area contributed by atoms with Gasteiger partial charge in [0.05, 0.1) is 0 Å². The zero-order valence-corrected chi connectivity index (χ0v) is 13.4. The number of aromatic nitrogens is 2. The molecule has 2 aliphatic heterocycles. The molecule has 4 nitrogen and oxygen atoms in total. The van der Waals surface area contributed by atoms with Crippen molar-refractivity contribution in [2.24, 2.45) is 5.92 Å². The number of hydrogen-bond donors (Lipinski definition) is 1. The maximum atomic E-state index is 4.49. The molecular weight excluding hydrogens is 260 g/mol. The lowest BCUT2D eigenvalue weighted by atomic mass is 9.91. The van der Waals surface area contributed by atoms with Gasteiger partial charge in [-0.2, -0.15) is 5.10 Å². The molecule has 0 aromatic carbocycles. The van der Waals surface area contributed by atoms with Crippen molar-refractivity contribution >= 4 is 0 Å². The van der Waals surface area contributed by atoms with E-state index in [1.165, 1.54) is 70.5 Å². The first-order valence-electron chi connectivity index (χ1n) is 8.81. The molecule has 0 aliphatic carbocycles. The van der Waals surface area contributed by atoms with Gasteiger partial charge in [0.15, 0.2) is 0 Å². The Morgan fingerprint density at radius 3 is 2.67 bits per heavy atom. The molecule has 0 amide bonds. The van der Waals surface area contributed by atoms with Crippen molar-refractivity contribution in [1.29, 1.82) is 0 Å². The van der Waals surface area contributed by atoms with Crippen molar-refractivity contribution in [3.8, 4) is 0 Å². The van der Waals surface area contributed by atoms with E-state index in [4.69, 9.17) is 0 Å². The molecule has 2 saturated heterocycles. The lowest BCUT2D eigenvalue weighted by molar-refractivity contribution is 0.165. The maximum Gasteiger partial charge on any atom is 0.0492 e. The highest BCUT2D eigenvalue weighted by Gasteiger charge is 2.25. The van der Waals surface area contributed by atoms with Gasteiger partial charge in [0.25, 0.3) is 0 Å². The van der Waals surface area contributed by atoms with Gasteiger partial charge in [-0.05, 0) is 70.3 Å². The molecule has 1 aromatic heterocycles. The number of nitrogens with one attached hydrogen (secondary N) is 1. The Hall–Kier alpha value is -0.870. The van der Waals surface area contributed by atoms with Gasteiger partial charge < -0.3 is 10.2 Å². The maximum absolute atomic E-state index is 4.49. The minimum Gasteiger partial charge on any atom is -0.317 e. The van der Waals surface area contributed by atoms with E-state index in [2.05, 4.69) is 33.0 Å². The van der Waals surface area contributed by atoms with Crippen LogP contribution in [-0.4, -0.2) is 47.4 Å². The third-order valence-corrected chi connectivity index (χ3v) is 5.17. The Morgan fingerprint density at radius 2 is 1.95 bits per heavy atom. The molecule has 4 heteroatoms. The van der Waals surface area contributed by atoms with E-state index in [9.17, 15) is 0 Å².